The number of hydrogen-bond donors (Lipinski definition) is 0. The van der Waals surface area contributed by atoms with E-state index in [9.17, 15) is 0 Å². The molecule has 0 N–H and O–H groups in total. The molecule has 0 saturated carbocycles. The van der Waals surface area contributed by atoms with Gasteiger partial charge in [-0.3, -0.25) is 4.57 Å². The van der Waals surface area contributed by atoms with Crippen molar-refractivity contribution in [1.29, 1.82) is 0 Å². The van der Waals surface area contributed by atoms with Crippen LogP contribution in [-0.4, -0.2) is 36.8 Å². The highest BCUT2D eigenvalue weighted by atomic mass is 16.5. The standard InChI is InChI=1S/C7H8N6O/c1-14-2-6-8-3-9-7(12-6)13-4-10-11-5-13/h3-5H,2H2,1H3. The molecule has 0 amide bonds. The number of nitrogens with zero attached hydrogens (tertiary/aromatic N) is 6. The first-order chi connectivity index (χ1) is 6.90. The van der Waals surface area contributed by atoms with Crippen LogP contribution in [0.15, 0.2) is 19.0 Å². The second kappa shape index (κ2) is 3.88. The molecule has 0 radical (unpaired) electrons. The number of methoxy groups -OCH3 is 1. The van der Waals surface area contributed by atoms with Gasteiger partial charge in [-0.05, 0) is 0 Å². The molecule has 0 aliphatic heterocycles. The van der Waals surface area contributed by atoms with Crippen LogP contribution >= 0.6 is 0 Å². The van der Waals surface area contributed by atoms with Gasteiger partial charge in [-0.1, -0.05) is 0 Å². The van der Waals surface area contributed by atoms with Crippen molar-refractivity contribution < 1.29 is 4.74 Å². The van der Waals surface area contributed by atoms with Gasteiger partial charge in [0.05, 0.1) is 0 Å². The Morgan fingerprint density at radius 1 is 1.29 bits per heavy atom. The van der Waals surface area contributed by atoms with Crippen molar-refractivity contribution in [1.82, 2.24) is 29.7 Å². The third-order valence-electron chi connectivity index (χ3n) is 1.53. The molecule has 0 unspecified atom stereocenters. The van der Waals surface area contributed by atoms with Crippen LogP contribution < -0.4 is 0 Å². The van der Waals surface area contributed by atoms with E-state index in [2.05, 4.69) is 25.1 Å². The lowest BCUT2D eigenvalue weighted by atomic mass is 10.6. The van der Waals surface area contributed by atoms with E-state index < -0.39 is 0 Å². The van der Waals surface area contributed by atoms with Crippen LogP contribution in [0.4, 0.5) is 0 Å². The molecule has 0 spiro atoms. The highest BCUT2D eigenvalue weighted by Gasteiger charge is 2.01. The number of ether oxygens (including phenoxy) is 1. The molecule has 7 heteroatoms. The van der Waals surface area contributed by atoms with Gasteiger partial charge in [0, 0.05) is 7.11 Å². The van der Waals surface area contributed by atoms with Crippen LogP contribution in [0.1, 0.15) is 5.82 Å². The molecule has 2 aromatic heterocycles. The Labute approximate surface area is 79.8 Å². The van der Waals surface area contributed by atoms with Crippen LogP contribution in [0.5, 0.6) is 0 Å². The summed E-state index contributed by atoms with van der Waals surface area (Å²) in [5.41, 5.74) is 0. The second-order valence-electron chi connectivity index (χ2n) is 2.50. The predicted octanol–water partition coefficient (Wildman–Crippen LogP) is -0.401. The zero-order valence-corrected chi connectivity index (χ0v) is 7.53. The van der Waals surface area contributed by atoms with Gasteiger partial charge in [0.1, 0.15) is 25.6 Å². The normalized spacial score (nSPS) is 10.4. The zero-order valence-electron chi connectivity index (χ0n) is 7.53. The SMILES string of the molecule is COCc1ncnc(-n2cnnc2)n1. The molecule has 0 aromatic carbocycles. The van der Waals surface area contributed by atoms with Gasteiger partial charge in [-0.2, -0.15) is 4.98 Å². The maximum Gasteiger partial charge on any atom is 0.239 e. The first-order valence-corrected chi connectivity index (χ1v) is 3.92. The van der Waals surface area contributed by atoms with Crippen molar-refractivity contribution in [2.75, 3.05) is 7.11 Å². The van der Waals surface area contributed by atoms with Crippen LogP contribution in [-0.2, 0) is 11.3 Å². The summed E-state index contributed by atoms with van der Waals surface area (Å²) in [5, 5.41) is 7.31. The molecule has 0 fully saturated rings. The van der Waals surface area contributed by atoms with Crippen LogP contribution in [0.25, 0.3) is 5.95 Å². The predicted molar refractivity (Wildman–Crippen MR) is 45.5 cm³/mol. The van der Waals surface area contributed by atoms with Gasteiger partial charge in [0.25, 0.3) is 0 Å². The minimum atomic E-state index is 0.359. The average molecular weight is 192 g/mol. The van der Waals surface area contributed by atoms with E-state index in [1.807, 2.05) is 0 Å². The fourth-order valence-corrected chi connectivity index (χ4v) is 0.947. The first-order valence-electron chi connectivity index (χ1n) is 3.92. The maximum atomic E-state index is 4.91. The highest BCUT2D eigenvalue weighted by molar-refractivity contribution is 5.07. The molecule has 2 heterocycles. The van der Waals surface area contributed by atoms with E-state index in [0.29, 0.717) is 18.4 Å². The van der Waals surface area contributed by atoms with Gasteiger partial charge in [0.2, 0.25) is 5.95 Å². The Kier molecular flexibility index (Phi) is 2.41. The summed E-state index contributed by atoms with van der Waals surface area (Å²) < 4.78 is 6.50. The van der Waals surface area contributed by atoms with Crippen molar-refractivity contribution in [2.24, 2.45) is 0 Å². The van der Waals surface area contributed by atoms with Crippen LogP contribution in [0.3, 0.4) is 0 Å². The topological polar surface area (TPSA) is 78.6 Å². The number of rotatable bonds is 3. The van der Waals surface area contributed by atoms with Crippen LogP contribution in [0.2, 0.25) is 0 Å². The Hall–Kier alpha value is -1.89. The van der Waals surface area contributed by atoms with Gasteiger partial charge < -0.3 is 4.74 Å². The lowest BCUT2D eigenvalue weighted by Gasteiger charge is -2.00. The number of aromatic nitrogens is 6. The van der Waals surface area contributed by atoms with E-state index in [-0.39, 0.29) is 0 Å². The number of hydrogen-bond acceptors (Lipinski definition) is 6. The molecule has 72 valence electrons. The molecule has 0 bridgehead atoms. The third-order valence-corrected chi connectivity index (χ3v) is 1.53. The average Bonchev–Trinajstić information content (AvgIpc) is 2.71. The van der Waals surface area contributed by atoms with Crippen molar-refractivity contribution in [2.45, 2.75) is 6.61 Å². The van der Waals surface area contributed by atoms with Crippen molar-refractivity contribution >= 4 is 0 Å². The van der Waals surface area contributed by atoms with Crippen molar-refractivity contribution in [3.8, 4) is 5.95 Å². The Bertz CT molecular complexity index is 400. The Morgan fingerprint density at radius 2 is 2.07 bits per heavy atom. The molecule has 0 atom stereocenters. The maximum absolute atomic E-state index is 4.91. The van der Waals surface area contributed by atoms with Gasteiger partial charge >= 0.3 is 0 Å². The lowest BCUT2D eigenvalue weighted by molar-refractivity contribution is 0.177. The molecule has 0 saturated heterocycles. The first kappa shape index (κ1) is 8.70. The monoisotopic (exact) mass is 192 g/mol. The van der Waals surface area contributed by atoms with Crippen molar-refractivity contribution in [3.05, 3.63) is 24.8 Å². The summed E-state index contributed by atoms with van der Waals surface area (Å²) in [6.45, 7) is 0.359. The summed E-state index contributed by atoms with van der Waals surface area (Å²) in [4.78, 5) is 12.0. The Morgan fingerprint density at radius 3 is 2.79 bits per heavy atom. The lowest BCUT2D eigenvalue weighted by Crippen LogP contribution is -2.04. The fourth-order valence-electron chi connectivity index (χ4n) is 0.947. The molecular formula is C7H8N6O. The van der Waals surface area contributed by atoms with E-state index in [4.69, 9.17) is 4.74 Å². The summed E-state index contributed by atoms with van der Waals surface area (Å²) >= 11 is 0. The van der Waals surface area contributed by atoms with E-state index in [1.165, 1.54) is 19.0 Å². The third kappa shape index (κ3) is 1.72. The summed E-state index contributed by atoms with van der Waals surface area (Å²) in [5.74, 6) is 1.06. The second-order valence-corrected chi connectivity index (χ2v) is 2.50. The quantitative estimate of drug-likeness (QED) is 0.658. The molecule has 2 rings (SSSR count). The van der Waals surface area contributed by atoms with Crippen LogP contribution in [0, 0.1) is 0 Å². The molecule has 2 aromatic rings. The fraction of sp³-hybridized carbons (Fsp3) is 0.286. The summed E-state index contributed by atoms with van der Waals surface area (Å²) in [6.07, 6.45) is 4.47. The molecule has 0 aliphatic carbocycles. The van der Waals surface area contributed by atoms with E-state index in [1.54, 1.807) is 11.7 Å². The molecule has 0 aliphatic rings. The molecule has 7 nitrogen and oxygen atoms in total. The van der Waals surface area contributed by atoms with Gasteiger partial charge in [-0.25, -0.2) is 9.97 Å². The van der Waals surface area contributed by atoms with E-state index >= 15 is 0 Å². The minimum absolute atomic E-state index is 0.359. The largest absolute Gasteiger partial charge is 0.377 e. The van der Waals surface area contributed by atoms with Gasteiger partial charge in [0.15, 0.2) is 5.82 Å². The van der Waals surface area contributed by atoms with Crippen molar-refractivity contribution in [3.63, 3.8) is 0 Å². The highest BCUT2D eigenvalue weighted by Crippen LogP contribution is 1.98. The van der Waals surface area contributed by atoms with E-state index in [0.717, 1.165) is 0 Å². The molecular weight excluding hydrogens is 184 g/mol. The summed E-state index contributed by atoms with van der Waals surface area (Å²) in [7, 11) is 1.59. The summed E-state index contributed by atoms with van der Waals surface area (Å²) in [6, 6.07) is 0. The van der Waals surface area contributed by atoms with Gasteiger partial charge in [-0.15, -0.1) is 10.2 Å². The smallest absolute Gasteiger partial charge is 0.239 e. The minimum Gasteiger partial charge on any atom is -0.377 e. The Balaban J connectivity index is 2.31. The zero-order chi connectivity index (χ0) is 9.80. The molecule has 14 heavy (non-hydrogen) atoms.